The Morgan fingerprint density at radius 1 is 1.04 bits per heavy atom. The third-order valence-corrected chi connectivity index (χ3v) is 4.92. The fourth-order valence-electron chi connectivity index (χ4n) is 1.87. The van der Waals surface area contributed by atoms with Gasteiger partial charge in [0.25, 0.3) is 0 Å². The Bertz CT molecular complexity index is 813. The largest absolute Gasteiger partial charge is 0.322 e. The van der Waals surface area contributed by atoms with Gasteiger partial charge >= 0.3 is 0 Å². The number of nitrogens with one attached hydrogen (secondary N) is 1. The molecule has 0 atom stereocenters. The summed E-state index contributed by atoms with van der Waals surface area (Å²) in [4.78, 5) is 12.1. The maximum Gasteiger partial charge on any atom is 0.248 e. The number of anilines is 1. The number of carbonyl (C=O) groups excluding carboxylic acids is 1. The third-order valence-electron chi connectivity index (χ3n) is 3.11. The topological polar surface area (TPSA) is 66.5 Å². The van der Waals surface area contributed by atoms with Gasteiger partial charge in [-0.3, -0.25) is 4.79 Å². The van der Waals surface area contributed by atoms with Crippen LogP contribution in [0, 0.1) is 0 Å². The lowest BCUT2D eigenvalue weighted by Crippen LogP contribution is -2.22. The number of rotatable bonds is 5. The number of nitrogens with zero attached hydrogens (tertiary/aromatic N) is 1. The molecule has 0 heterocycles. The van der Waals surface area contributed by atoms with Gasteiger partial charge < -0.3 is 5.32 Å². The van der Waals surface area contributed by atoms with E-state index < -0.39 is 10.0 Å². The molecule has 0 aliphatic heterocycles. The first kappa shape index (κ1) is 16.9. The van der Waals surface area contributed by atoms with Crippen molar-refractivity contribution in [3.8, 4) is 0 Å². The Kier molecular flexibility index (Phi) is 5.31. The van der Waals surface area contributed by atoms with E-state index in [9.17, 15) is 13.2 Å². The quantitative estimate of drug-likeness (QED) is 0.857. The Balaban J connectivity index is 2.12. The van der Waals surface area contributed by atoms with Crippen LogP contribution < -0.4 is 5.32 Å². The van der Waals surface area contributed by atoms with E-state index in [1.807, 2.05) is 30.3 Å². The van der Waals surface area contributed by atoms with Gasteiger partial charge in [-0.05, 0) is 29.8 Å². The second-order valence-electron chi connectivity index (χ2n) is 5.05. The Morgan fingerprint density at radius 3 is 2.39 bits per heavy atom. The minimum atomic E-state index is -3.53. The van der Waals surface area contributed by atoms with E-state index in [0.29, 0.717) is 5.69 Å². The molecule has 0 radical (unpaired) electrons. The van der Waals surface area contributed by atoms with Crippen LogP contribution in [0.15, 0.2) is 65.6 Å². The van der Waals surface area contributed by atoms with Crippen LogP contribution in [0.3, 0.4) is 0 Å². The van der Waals surface area contributed by atoms with E-state index in [2.05, 4.69) is 5.32 Å². The van der Waals surface area contributed by atoms with E-state index in [1.165, 1.54) is 32.3 Å². The summed E-state index contributed by atoms with van der Waals surface area (Å²) >= 11 is 0. The SMILES string of the molecule is CN(C)S(=O)(=O)c1cccc(NC(=O)/C=C/c2ccccc2)c1. The molecule has 1 amide bonds. The van der Waals surface area contributed by atoms with Crippen molar-refractivity contribution in [3.63, 3.8) is 0 Å². The maximum absolute atomic E-state index is 12.1. The van der Waals surface area contributed by atoms with Crippen molar-refractivity contribution < 1.29 is 13.2 Å². The first-order chi connectivity index (χ1) is 10.9. The Morgan fingerprint density at radius 2 is 1.74 bits per heavy atom. The van der Waals surface area contributed by atoms with E-state index in [1.54, 1.807) is 18.2 Å². The summed E-state index contributed by atoms with van der Waals surface area (Å²) in [6.07, 6.45) is 3.10. The summed E-state index contributed by atoms with van der Waals surface area (Å²) < 4.78 is 25.3. The molecule has 23 heavy (non-hydrogen) atoms. The average molecular weight is 330 g/mol. The fraction of sp³-hybridized carbons (Fsp3) is 0.118. The molecule has 0 spiro atoms. The van der Waals surface area contributed by atoms with Crippen LogP contribution >= 0.6 is 0 Å². The highest BCUT2D eigenvalue weighted by Crippen LogP contribution is 2.18. The second-order valence-corrected chi connectivity index (χ2v) is 7.20. The zero-order valence-electron chi connectivity index (χ0n) is 12.9. The van der Waals surface area contributed by atoms with E-state index >= 15 is 0 Å². The molecule has 0 aromatic heterocycles. The first-order valence-corrected chi connectivity index (χ1v) is 8.40. The fourth-order valence-corrected chi connectivity index (χ4v) is 2.81. The predicted octanol–water partition coefficient (Wildman–Crippen LogP) is 2.59. The molecular formula is C17H18N2O3S. The van der Waals surface area contributed by atoms with Gasteiger partial charge in [0.15, 0.2) is 0 Å². The maximum atomic E-state index is 12.1. The average Bonchev–Trinajstić information content (AvgIpc) is 2.54. The molecule has 0 unspecified atom stereocenters. The molecule has 0 aliphatic rings. The van der Waals surface area contributed by atoms with Crippen LogP contribution in [0.5, 0.6) is 0 Å². The number of amides is 1. The normalized spacial score (nSPS) is 11.8. The van der Waals surface area contributed by atoms with Crippen LogP contribution in [-0.4, -0.2) is 32.7 Å². The monoisotopic (exact) mass is 330 g/mol. The molecule has 0 saturated heterocycles. The van der Waals surface area contributed by atoms with Gasteiger partial charge in [-0.2, -0.15) is 0 Å². The van der Waals surface area contributed by atoms with Gasteiger partial charge in [-0.1, -0.05) is 36.4 Å². The summed E-state index contributed by atoms with van der Waals surface area (Å²) in [5, 5.41) is 2.65. The summed E-state index contributed by atoms with van der Waals surface area (Å²) in [6, 6.07) is 15.6. The number of carbonyl (C=O) groups is 1. The molecule has 2 aromatic rings. The summed E-state index contributed by atoms with van der Waals surface area (Å²) in [6.45, 7) is 0. The highest BCUT2D eigenvalue weighted by Gasteiger charge is 2.17. The van der Waals surface area contributed by atoms with Crippen molar-refractivity contribution in [2.24, 2.45) is 0 Å². The van der Waals surface area contributed by atoms with Crippen LogP contribution in [0.25, 0.3) is 6.08 Å². The molecule has 6 heteroatoms. The van der Waals surface area contributed by atoms with Crippen molar-refractivity contribution >= 4 is 27.7 Å². The molecule has 0 saturated carbocycles. The minimum Gasteiger partial charge on any atom is -0.322 e. The molecule has 5 nitrogen and oxygen atoms in total. The van der Waals surface area contributed by atoms with Crippen LogP contribution in [0.2, 0.25) is 0 Å². The summed E-state index contributed by atoms with van der Waals surface area (Å²) in [5.74, 6) is -0.326. The van der Waals surface area contributed by atoms with E-state index in [-0.39, 0.29) is 10.8 Å². The van der Waals surface area contributed by atoms with Crippen molar-refractivity contribution in [2.75, 3.05) is 19.4 Å². The highest BCUT2D eigenvalue weighted by atomic mass is 32.2. The van der Waals surface area contributed by atoms with E-state index in [4.69, 9.17) is 0 Å². The smallest absolute Gasteiger partial charge is 0.248 e. The lowest BCUT2D eigenvalue weighted by atomic mass is 10.2. The Labute approximate surface area is 136 Å². The standard InChI is InChI=1S/C17H18N2O3S/c1-19(2)23(21,22)16-10-6-9-15(13-16)18-17(20)12-11-14-7-4-3-5-8-14/h3-13H,1-2H3,(H,18,20)/b12-11+. The predicted molar refractivity (Wildman–Crippen MR) is 91.4 cm³/mol. The molecule has 2 rings (SSSR count). The minimum absolute atomic E-state index is 0.132. The third kappa shape index (κ3) is 4.51. The molecule has 0 bridgehead atoms. The van der Waals surface area contributed by atoms with Crippen molar-refractivity contribution in [1.82, 2.24) is 4.31 Å². The van der Waals surface area contributed by atoms with Crippen LogP contribution in [0.4, 0.5) is 5.69 Å². The van der Waals surface area contributed by atoms with Crippen LogP contribution in [0.1, 0.15) is 5.56 Å². The van der Waals surface area contributed by atoms with Gasteiger partial charge in [-0.25, -0.2) is 12.7 Å². The molecule has 0 aliphatic carbocycles. The van der Waals surface area contributed by atoms with Gasteiger partial charge in [-0.15, -0.1) is 0 Å². The van der Waals surface area contributed by atoms with Gasteiger partial charge in [0, 0.05) is 25.9 Å². The molecule has 2 aromatic carbocycles. The molecule has 120 valence electrons. The summed E-state index contributed by atoms with van der Waals surface area (Å²) in [7, 11) is -0.603. The zero-order chi connectivity index (χ0) is 16.9. The van der Waals surface area contributed by atoms with E-state index in [0.717, 1.165) is 9.87 Å². The first-order valence-electron chi connectivity index (χ1n) is 6.96. The summed E-state index contributed by atoms with van der Waals surface area (Å²) in [5.41, 5.74) is 1.34. The lowest BCUT2D eigenvalue weighted by molar-refractivity contribution is -0.111. The molecular weight excluding hydrogens is 312 g/mol. The van der Waals surface area contributed by atoms with Gasteiger partial charge in [0.05, 0.1) is 4.90 Å². The van der Waals surface area contributed by atoms with Gasteiger partial charge in [0.1, 0.15) is 0 Å². The second kappa shape index (κ2) is 7.21. The number of hydrogen-bond donors (Lipinski definition) is 1. The van der Waals surface area contributed by atoms with Gasteiger partial charge in [0.2, 0.25) is 15.9 Å². The Hall–Kier alpha value is -2.44. The lowest BCUT2D eigenvalue weighted by Gasteiger charge is -2.12. The molecule has 0 fully saturated rings. The number of sulfonamides is 1. The van der Waals surface area contributed by atoms with Crippen molar-refractivity contribution in [3.05, 3.63) is 66.2 Å². The van der Waals surface area contributed by atoms with Crippen LogP contribution in [-0.2, 0) is 14.8 Å². The highest BCUT2D eigenvalue weighted by molar-refractivity contribution is 7.89. The zero-order valence-corrected chi connectivity index (χ0v) is 13.7. The van der Waals surface area contributed by atoms with Crippen molar-refractivity contribution in [1.29, 1.82) is 0 Å². The number of benzene rings is 2. The number of hydrogen-bond acceptors (Lipinski definition) is 3. The van der Waals surface area contributed by atoms with Crippen molar-refractivity contribution in [2.45, 2.75) is 4.90 Å². The molecule has 1 N–H and O–H groups in total.